The molecule has 1 aliphatic rings. The molecule has 1 atom stereocenters. The quantitative estimate of drug-likeness (QED) is 0.733. The molecule has 2 aromatic rings. The zero-order chi connectivity index (χ0) is 22.4. The van der Waals surface area contributed by atoms with Crippen LogP contribution in [-0.4, -0.2) is 41.1 Å². The van der Waals surface area contributed by atoms with Crippen molar-refractivity contribution in [2.45, 2.75) is 45.9 Å². The molecule has 2 heterocycles. The second-order valence-electron chi connectivity index (χ2n) is 8.03. The van der Waals surface area contributed by atoms with E-state index in [1.807, 2.05) is 6.92 Å². The van der Waals surface area contributed by atoms with Crippen molar-refractivity contribution in [3.8, 4) is 5.75 Å². The number of methoxy groups -OCH3 is 1. The number of pyridine rings is 1. The summed E-state index contributed by atoms with van der Waals surface area (Å²) in [5, 5.41) is 3.48. The lowest BCUT2D eigenvalue weighted by molar-refractivity contribution is -0.132. The Labute approximate surface area is 183 Å². The van der Waals surface area contributed by atoms with Crippen molar-refractivity contribution < 1.29 is 19.1 Å². The first-order valence-electron chi connectivity index (χ1n) is 9.31. The van der Waals surface area contributed by atoms with E-state index < -0.39 is 17.7 Å². The monoisotopic (exact) mass is 455 g/mol. The maximum Gasteiger partial charge on any atom is 0.408 e. The van der Waals surface area contributed by atoms with Gasteiger partial charge in [0.15, 0.2) is 0 Å². The molecule has 1 aromatic carbocycles. The highest BCUT2D eigenvalue weighted by atomic mass is 35.5. The van der Waals surface area contributed by atoms with E-state index in [0.717, 1.165) is 0 Å². The molecule has 0 saturated heterocycles. The summed E-state index contributed by atoms with van der Waals surface area (Å²) in [6, 6.07) is 1.28. The highest BCUT2D eigenvalue weighted by Crippen LogP contribution is 2.43. The molecular formula is C20H23Cl2N3O5. The molecule has 8 nitrogen and oxygen atoms in total. The molecule has 2 N–H and O–H groups in total. The van der Waals surface area contributed by atoms with Crippen LogP contribution in [-0.2, 0) is 16.1 Å². The summed E-state index contributed by atoms with van der Waals surface area (Å²) in [5.74, 6) is 0.0242. The second kappa shape index (κ2) is 8.00. The van der Waals surface area contributed by atoms with E-state index in [1.165, 1.54) is 12.0 Å². The smallest absolute Gasteiger partial charge is 0.408 e. The van der Waals surface area contributed by atoms with Crippen LogP contribution in [0.2, 0.25) is 10.0 Å². The first-order valence-corrected chi connectivity index (χ1v) is 10.1. The summed E-state index contributed by atoms with van der Waals surface area (Å²) in [6.07, 6.45) is -0.685. The van der Waals surface area contributed by atoms with Gasteiger partial charge in [0, 0.05) is 10.9 Å². The summed E-state index contributed by atoms with van der Waals surface area (Å²) in [7, 11) is 1.47. The van der Waals surface area contributed by atoms with Gasteiger partial charge in [-0.3, -0.25) is 9.59 Å². The molecule has 30 heavy (non-hydrogen) atoms. The van der Waals surface area contributed by atoms with Crippen molar-refractivity contribution in [2.75, 3.05) is 13.7 Å². The predicted molar refractivity (Wildman–Crippen MR) is 114 cm³/mol. The van der Waals surface area contributed by atoms with Crippen LogP contribution >= 0.6 is 23.2 Å². The first-order chi connectivity index (χ1) is 13.9. The Morgan fingerprint density at radius 1 is 1.30 bits per heavy atom. The highest BCUT2D eigenvalue weighted by molar-refractivity contribution is 6.46. The number of halogens is 2. The second-order valence-corrected chi connectivity index (χ2v) is 8.78. The highest BCUT2D eigenvalue weighted by Gasteiger charge is 2.35. The number of nitrogens with one attached hydrogen (secondary N) is 2. The fraction of sp³-hybridized carbons (Fsp3) is 0.450. The number of rotatable bonds is 3. The Morgan fingerprint density at radius 3 is 2.57 bits per heavy atom. The van der Waals surface area contributed by atoms with Crippen molar-refractivity contribution in [1.29, 1.82) is 0 Å². The minimum absolute atomic E-state index is 0.110. The van der Waals surface area contributed by atoms with Crippen molar-refractivity contribution >= 4 is 46.1 Å². The molecule has 0 spiro atoms. The van der Waals surface area contributed by atoms with Crippen molar-refractivity contribution in [3.63, 3.8) is 0 Å². The van der Waals surface area contributed by atoms with E-state index >= 15 is 0 Å². The molecule has 2 amide bonds. The maximum absolute atomic E-state index is 12.8. The third-order valence-electron chi connectivity index (χ3n) is 4.84. The third-order valence-corrected chi connectivity index (χ3v) is 5.69. The zero-order valence-electron chi connectivity index (χ0n) is 17.3. The number of nitrogens with zero attached hydrogens (tertiary/aromatic N) is 1. The van der Waals surface area contributed by atoms with E-state index in [4.69, 9.17) is 32.7 Å². The van der Waals surface area contributed by atoms with Gasteiger partial charge in [-0.25, -0.2) is 4.79 Å². The van der Waals surface area contributed by atoms with Gasteiger partial charge in [0.2, 0.25) is 5.91 Å². The van der Waals surface area contributed by atoms with Gasteiger partial charge in [-0.1, -0.05) is 23.2 Å². The standard InChI is InChI=1S/C20H23Cl2N3O5/c1-9-14-10-6-12(29-5)15(21)16(22)17(10)24-18(27)11(14)8-25(9)13(26)7-23-19(28)30-20(2,3)4/h6,9H,7-8H2,1-5H3,(H,23,28)(H,24,27)/t9-/m0/s1. The predicted octanol–water partition coefficient (Wildman–Crippen LogP) is 3.77. The van der Waals surface area contributed by atoms with Crippen LogP contribution < -0.4 is 15.6 Å². The van der Waals surface area contributed by atoms with Crippen LogP contribution in [0, 0.1) is 0 Å². The van der Waals surface area contributed by atoms with Gasteiger partial charge in [-0.2, -0.15) is 0 Å². The minimum Gasteiger partial charge on any atom is -0.495 e. The molecule has 0 radical (unpaired) electrons. The molecule has 162 valence electrons. The average molecular weight is 456 g/mol. The summed E-state index contributed by atoms with van der Waals surface area (Å²) in [6.45, 7) is 6.87. The lowest BCUT2D eigenvalue weighted by Gasteiger charge is -2.24. The van der Waals surface area contributed by atoms with Crippen LogP contribution in [0.15, 0.2) is 10.9 Å². The largest absolute Gasteiger partial charge is 0.495 e. The minimum atomic E-state index is -0.685. The molecule has 0 aliphatic carbocycles. The number of aromatic amines is 1. The van der Waals surface area contributed by atoms with E-state index in [1.54, 1.807) is 26.8 Å². The van der Waals surface area contributed by atoms with Crippen molar-refractivity contribution in [3.05, 3.63) is 37.6 Å². The van der Waals surface area contributed by atoms with E-state index in [9.17, 15) is 14.4 Å². The summed E-state index contributed by atoms with van der Waals surface area (Å²) < 4.78 is 10.4. The Hall–Kier alpha value is -2.45. The Balaban J connectivity index is 1.91. The third kappa shape index (κ3) is 4.06. The molecule has 0 fully saturated rings. The number of ether oxygens (including phenoxy) is 2. The van der Waals surface area contributed by atoms with Crippen LogP contribution in [0.3, 0.4) is 0 Å². The van der Waals surface area contributed by atoms with E-state index in [-0.39, 0.29) is 34.6 Å². The Kier molecular flexibility index (Phi) is 5.93. The molecule has 3 rings (SSSR count). The van der Waals surface area contributed by atoms with E-state index in [0.29, 0.717) is 27.8 Å². The number of aromatic nitrogens is 1. The molecule has 1 aliphatic heterocycles. The summed E-state index contributed by atoms with van der Waals surface area (Å²) >= 11 is 12.6. The molecule has 0 bridgehead atoms. The Morgan fingerprint density at radius 2 is 1.97 bits per heavy atom. The molecule has 0 saturated carbocycles. The van der Waals surface area contributed by atoms with Gasteiger partial charge in [-0.05, 0) is 39.3 Å². The number of hydrogen-bond donors (Lipinski definition) is 2. The van der Waals surface area contributed by atoms with Gasteiger partial charge < -0.3 is 24.7 Å². The summed E-state index contributed by atoms with van der Waals surface area (Å²) in [4.78, 5) is 41.5. The van der Waals surface area contributed by atoms with Gasteiger partial charge >= 0.3 is 6.09 Å². The zero-order valence-corrected chi connectivity index (χ0v) is 18.8. The van der Waals surface area contributed by atoms with Gasteiger partial charge in [0.25, 0.3) is 5.56 Å². The number of alkyl carbamates (subject to hydrolysis) is 1. The van der Waals surface area contributed by atoms with Crippen molar-refractivity contribution in [1.82, 2.24) is 15.2 Å². The van der Waals surface area contributed by atoms with E-state index in [2.05, 4.69) is 10.3 Å². The van der Waals surface area contributed by atoms with Gasteiger partial charge in [0.1, 0.15) is 22.9 Å². The fourth-order valence-electron chi connectivity index (χ4n) is 3.52. The first kappa shape index (κ1) is 22.2. The normalized spacial score (nSPS) is 15.8. The lowest BCUT2D eigenvalue weighted by Crippen LogP contribution is -2.41. The van der Waals surface area contributed by atoms with Crippen LogP contribution in [0.1, 0.15) is 44.9 Å². The number of H-pyrrole nitrogens is 1. The Bertz CT molecular complexity index is 1090. The molecule has 10 heteroatoms. The number of benzene rings is 1. The molecule has 1 aromatic heterocycles. The fourth-order valence-corrected chi connectivity index (χ4v) is 3.99. The van der Waals surface area contributed by atoms with Gasteiger partial charge in [-0.15, -0.1) is 0 Å². The average Bonchev–Trinajstić information content (AvgIpc) is 3.00. The van der Waals surface area contributed by atoms with Crippen LogP contribution in [0.25, 0.3) is 10.9 Å². The number of hydrogen-bond acceptors (Lipinski definition) is 5. The number of carbonyl (C=O) groups excluding carboxylic acids is 2. The number of amides is 2. The van der Waals surface area contributed by atoms with Crippen LogP contribution in [0.5, 0.6) is 5.75 Å². The maximum atomic E-state index is 12.8. The summed E-state index contributed by atoms with van der Waals surface area (Å²) in [5.41, 5.74) is 0.509. The van der Waals surface area contributed by atoms with Crippen molar-refractivity contribution in [2.24, 2.45) is 0 Å². The lowest BCUT2D eigenvalue weighted by atomic mass is 10.0. The topological polar surface area (TPSA) is 101 Å². The van der Waals surface area contributed by atoms with Crippen LogP contribution in [0.4, 0.5) is 4.79 Å². The van der Waals surface area contributed by atoms with Gasteiger partial charge in [0.05, 0.1) is 30.2 Å². The number of carbonyl (C=O) groups is 2. The molecule has 0 unspecified atom stereocenters. The molecular weight excluding hydrogens is 433 g/mol. The number of fused-ring (bicyclic) bond motifs is 3. The SMILES string of the molecule is COc1cc2c3c(c(=O)[nH]c2c(Cl)c1Cl)CN(C(=O)CNC(=O)OC(C)(C)C)[C@H]3C.